The van der Waals surface area contributed by atoms with Gasteiger partial charge in [0.1, 0.15) is 5.75 Å². The Hall–Kier alpha value is -2.14. The van der Waals surface area contributed by atoms with Crippen LogP contribution in [0.25, 0.3) is 0 Å². The molecule has 2 aromatic rings. The molecule has 0 radical (unpaired) electrons. The number of hydrogen-bond acceptors (Lipinski definition) is 4. The lowest BCUT2D eigenvalue weighted by Crippen LogP contribution is -2.16. The first-order chi connectivity index (χ1) is 9.65. The molecule has 0 saturated heterocycles. The maximum Gasteiger partial charge on any atom is 0.281 e. The first kappa shape index (κ1) is 14.3. The van der Waals surface area contributed by atoms with E-state index in [9.17, 15) is 4.79 Å². The molecule has 0 bridgehead atoms. The van der Waals surface area contributed by atoms with Gasteiger partial charge >= 0.3 is 0 Å². The Kier molecular flexibility index (Phi) is 4.90. The predicted octanol–water partition coefficient (Wildman–Crippen LogP) is 3.30. The number of nitrogens with one attached hydrogen (secondary N) is 1. The van der Waals surface area contributed by atoms with Gasteiger partial charge in [-0.1, -0.05) is 6.07 Å². The number of ether oxygens (including phenoxy) is 1. The first-order valence-electron chi connectivity index (χ1n) is 6.29. The van der Waals surface area contributed by atoms with Crippen LogP contribution in [0.4, 0.5) is 0 Å². The molecule has 0 aliphatic rings. The summed E-state index contributed by atoms with van der Waals surface area (Å²) < 4.78 is 5.55. The van der Waals surface area contributed by atoms with Crippen molar-refractivity contribution in [2.75, 3.05) is 0 Å². The zero-order valence-electron chi connectivity index (χ0n) is 11.4. The van der Waals surface area contributed by atoms with Crippen molar-refractivity contribution in [3.05, 3.63) is 52.2 Å². The third kappa shape index (κ3) is 4.20. The molecule has 1 heterocycles. The van der Waals surface area contributed by atoms with E-state index in [2.05, 4.69) is 10.5 Å². The van der Waals surface area contributed by atoms with Crippen LogP contribution in [0.5, 0.6) is 5.75 Å². The summed E-state index contributed by atoms with van der Waals surface area (Å²) >= 11 is 1.38. The minimum absolute atomic E-state index is 0.152. The monoisotopic (exact) mass is 288 g/mol. The molecule has 2 rings (SSSR count). The second-order valence-electron chi connectivity index (χ2n) is 4.41. The summed E-state index contributed by atoms with van der Waals surface area (Å²) in [5, 5.41) is 5.78. The summed E-state index contributed by atoms with van der Waals surface area (Å²) in [5.41, 5.74) is 3.39. The van der Waals surface area contributed by atoms with Crippen LogP contribution < -0.4 is 10.2 Å². The lowest BCUT2D eigenvalue weighted by molar-refractivity contribution is 0.0959. The number of benzene rings is 1. The number of nitrogens with zero attached hydrogens (tertiary/aromatic N) is 1. The van der Waals surface area contributed by atoms with Crippen LogP contribution in [0.1, 0.15) is 29.1 Å². The van der Waals surface area contributed by atoms with Crippen molar-refractivity contribution in [2.45, 2.75) is 20.0 Å². The molecule has 0 spiro atoms. The number of thiophene rings is 1. The molecule has 0 aliphatic carbocycles. The normalized spacial score (nSPS) is 10.9. The van der Waals surface area contributed by atoms with Crippen molar-refractivity contribution in [1.82, 2.24) is 5.43 Å². The second kappa shape index (κ2) is 6.86. The van der Waals surface area contributed by atoms with Crippen molar-refractivity contribution < 1.29 is 9.53 Å². The van der Waals surface area contributed by atoms with Crippen LogP contribution in [-0.4, -0.2) is 18.2 Å². The summed E-state index contributed by atoms with van der Waals surface area (Å²) in [6.07, 6.45) is 1.75. The highest BCUT2D eigenvalue weighted by atomic mass is 32.1. The second-order valence-corrected chi connectivity index (χ2v) is 5.36. The van der Waals surface area contributed by atoms with Gasteiger partial charge in [-0.2, -0.15) is 5.10 Å². The molecule has 20 heavy (non-hydrogen) atoms. The van der Waals surface area contributed by atoms with Gasteiger partial charge in [0, 0.05) is 0 Å². The summed E-state index contributed by atoms with van der Waals surface area (Å²) in [4.78, 5) is 12.3. The zero-order valence-corrected chi connectivity index (χ0v) is 12.2. The number of amides is 1. The van der Waals surface area contributed by atoms with Crippen molar-refractivity contribution in [3.63, 3.8) is 0 Å². The predicted molar refractivity (Wildman–Crippen MR) is 81.6 cm³/mol. The van der Waals surface area contributed by atoms with E-state index < -0.39 is 0 Å². The molecular formula is C15H16N2O2S. The van der Waals surface area contributed by atoms with Crippen LogP contribution >= 0.6 is 11.3 Å². The molecule has 1 N–H and O–H groups in total. The standard InChI is InChI=1S/C15H16N2O2S/c1-11(2)19-13-7-5-12(6-8-13)10-16-17-15(18)14-4-3-9-20-14/h3-11H,1-2H3,(H,17,18)/b16-10-. The van der Waals surface area contributed by atoms with E-state index in [4.69, 9.17) is 4.74 Å². The maximum absolute atomic E-state index is 11.6. The van der Waals surface area contributed by atoms with Gasteiger partial charge in [0.2, 0.25) is 0 Å². The molecule has 1 amide bonds. The van der Waals surface area contributed by atoms with E-state index in [0.29, 0.717) is 4.88 Å². The molecule has 104 valence electrons. The van der Waals surface area contributed by atoms with E-state index in [1.54, 1.807) is 12.3 Å². The van der Waals surface area contributed by atoms with Crippen molar-refractivity contribution in [1.29, 1.82) is 0 Å². The Morgan fingerprint density at radius 3 is 2.65 bits per heavy atom. The summed E-state index contributed by atoms with van der Waals surface area (Å²) in [7, 11) is 0. The van der Waals surface area contributed by atoms with Gasteiger partial charge in [-0.3, -0.25) is 4.79 Å². The highest BCUT2D eigenvalue weighted by molar-refractivity contribution is 7.12. The summed E-state index contributed by atoms with van der Waals surface area (Å²) in [5.74, 6) is 0.621. The lowest BCUT2D eigenvalue weighted by Gasteiger charge is -2.09. The fourth-order valence-electron chi connectivity index (χ4n) is 1.53. The van der Waals surface area contributed by atoms with E-state index in [1.165, 1.54) is 11.3 Å². The molecule has 0 aliphatic heterocycles. The summed E-state index contributed by atoms with van der Waals surface area (Å²) in [6, 6.07) is 11.1. The average molecular weight is 288 g/mol. The Bertz CT molecular complexity index is 574. The lowest BCUT2D eigenvalue weighted by atomic mass is 10.2. The molecule has 0 saturated carbocycles. The fraction of sp³-hybridized carbons (Fsp3) is 0.200. The van der Waals surface area contributed by atoms with Crippen LogP contribution in [-0.2, 0) is 0 Å². The number of carbonyl (C=O) groups excluding carboxylic acids is 1. The SMILES string of the molecule is CC(C)Oc1ccc(/C=N\NC(=O)c2cccs2)cc1. The minimum atomic E-state index is -0.198. The van der Waals surface area contributed by atoms with Crippen molar-refractivity contribution >= 4 is 23.5 Å². The van der Waals surface area contributed by atoms with Crippen LogP contribution in [0, 0.1) is 0 Å². The van der Waals surface area contributed by atoms with Gasteiger partial charge in [0.15, 0.2) is 0 Å². The van der Waals surface area contributed by atoms with E-state index in [-0.39, 0.29) is 12.0 Å². The van der Waals surface area contributed by atoms with E-state index in [0.717, 1.165) is 11.3 Å². The Labute approximate surface area is 122 Å². The van der Waals surface area contributed by atoms with Crippen molar-refractivity contribution in [3.8, 4) is 5.75 Å². The maximum atomic E-state index is 11.6. The Morgan fingerprint density at radius 1 is 1.30 bits per heavy atom. The molecule has 4 nitrogen and oxygen atoms in total. The molecular weight excluding hydrogens is 272 g/mol. The van der Waals surface area contributed by atoms with Gasteiger partial charge in [-0.25, -0.2) is 5.43 Å². The van der Waals surface area contributed by atoms with Gasteiger partial charge in [0.05, 0.1) is 17.2 Å². The molecule has 1 aromatic carbocycles. The van der Waals surface area contributed by atoms with Crippen molar-refractivity contribution in [2.24, 2.45) is 5.10 Å². The van der Waals surface area contributed by atoms with E-state index >= 15 is 0 Å². The average Bonchev–Trinajstić information content (AvgIpc) is 2.94. The topological polar surface area (TPSA) is 50.7 Å². The Balaban J connectivity index is 1.89. The molecule has 0 unspecified atom stereocenters. The third-order valence-electron chi connectivity index (χ3n) is 2.38. The number of rotatable bonds is 5. The van der Waals surface area contributed by atoms with Gasteiger partial charge in [-0.05, 0) is 55.1 Å². The molecule has 0 atom stereocenters. The number of hydrogen-bond donors (Lipinski definition) is 1. The van der Waals surface area contributed by atoms with Crippen LogP contribution in [0.2, 0.25) is 0 Å². The molecule has 5 heteroatoms. The highest BCUT2D eigenvalue weighted by Gasteiger charge is 2.03. The number of carbonyl (C=O) groups is 1. The van der Waals surface area contributed by atoms with Gasteiger partial charge in [-0.15, -0.1) is 11.3 Å². The number of hydrazone groups is 1. The first-order valence-corrected chi connectivity index (χ1v) is 7.17. The molecule has 1 aromatic heterocycles. The van der Waals surface area contributed by atoms with Gasteiger partial charge in [0.25, 0.3) is 5.91 Å². The largest absolute Gasteiger partial charge is 0.491 e. The minimum Gasteiger partial charge on any atom is -0.491 e. The summed E-state index contributed by atoms with van der Waals surface area (Å²) in [6.45, 7) is 3.96. The fourth-order valence-corrected chi connectivity index (χ4v) is 2.15. The third-order valence-corrected chi connectivity index (χ3v) is 3.25. The van der Waals surface area contributed by atoms with Crippen LogP contribution in [0.3, 0.4) is 0 Å². The highest BCUT2D eigenvalue weighted by Crippen LogP contribution is 2.12. The van der Waals surface area contributed by atoms with Crippen LogP contribution in [0.15, 0.2) is 46.9 Å². The zero-order chi connectivity index (χ0) is 14.4. The Morgan fingerprint density at radius 2 is 2.05 bits per heavy atom. The van der Waals surface area contributed by atoms with E-state index in [1.807, 2.05) is 49.6 Å². The van der Waals surface area contributed by atoms with Gasteiger partial charge < -0.3 is 4.74 Å². The quantitative estimate of drug-likeness (QED) is 0.678. The molecule has 0 fully saturated rings. The smallest absolute Gasteiger partial charge is 0.281 e.